The average molecular weight is 613 g/mol. The molecule has 0 aliphatic carbocycles. The first-order valence-electron chi connectivity index (χ1n) is 20.6. The maximum Gasteiger partial charge on any atom is 0.132 e. The fourth-order valence-corrected chi connectivity index (χ4v) is 7.18. The monoisotopic (exact) mass is 613 g/mol. The molecule has 0 heterocycles. The molecule has 0 aliphatic heterocycles. The Morgan fingerprint density at radius 2 is 0.545 bits per heavy atom. The third kappa shape index (κ3) is 25.4. The van der Waals surface area contributed by atoms with Crippen LogP contribution in [0.2, 0.25) is 0 Å². The number of para-hydroxylation sites is 1. The molecule has 0 radical (unpaired) electrons. The van der Waals surface area contributed by atoms with Crippen LogP contribution in [0.5, 0.6) is 0 Å². The number of nitrogens with zero attached hydrogens (tertiary/aromatic N) is 1. The molecule has 1 aromatic carbocycles. The summed E-state index contributed by atoms with van der Waals surface area (Å²) in [5.41, 5.74) is 1.52. The van der Waals surface area contributed by atoms with Crippen molar-refractivity contribution in [2.45, 2.75) is 219 Å². The first kappa shape index (κ1) is 41.2. The lowest BCUT2D eigenvalue weighted by Crippen LogP contribution is -2.46. The van der Waals surface area contributed by atoms with E-state index in [0.717, 1.165) is 4.48 Å². The van der Waals surface area contributed by atoms with Crippen LogP contribution in [0.15, 0.2) is 30.3 Å². The molecule has 0 amide bonds. The van der Waals surface area contributed by atoms with Gasteiger partial charge in [-0.1, -0.05) is 212 Å². The molecule has 1 heteroatoms. The highest BCUT2D eigenvalue weighted by atomic mass is 15.3. The Balaban J connectivity index is 2.03. The number of unbranched alkanes of at least 4 members (excludes halogenated alkanes) is 30. The highest BCUT2D eigenvalue weighted by molar-refractivity contribution is 5.41. The molecular formula is C43H82N+. The van der Waals surface area contributed by atoms with Gasteiger partial charge in [-0.05, 0) is 37.8 Å². The van der Waals surface area contributed by atoms with E-state index in [1.54, 1.807) is 0 Å². The molecule has 44 heavy (non-hydrogen) atoms. The summed E-state index contributed by atoms with van der Waals surface area (Å²) < 4.78 is 1.14. The zero-order chi connectivity index (χ0) is 31.7. The van der Waals surface area contributed by atoms with Crippen LogP contribution >= 0.6 is 0 Å². The van der Waals surface area contributed by atoms with Crippen molar-refractivity contribution in [3.63, 3.8) is 0 Å². The molecule has 0 spiro atoms. The molecule has 0 saturated carbocycles. The molecule has 0 saturated heterocycles. The van der Waals surface area contributed by atoms with Gasteiger partial charge in [0.1, 0.15) is 5.69 Å². The van der Waals surface area contributed by atoms with Crippen LogP contribution < -0.4 is 4.48 Å². The van der Waals surface area contributed by atoms with E-state index in [9.17, 15) is 0 Å². The van der Waals surface area contributed by atoms with E-state index in [4.69, 9.17) is 0 Å². The third-order valence-corrected chi connectivity index (χ3v) is 10.4. The Kier molecular flexibility index (Phi) is 30.1. The lowest BCUT2D eigenvalue weighted by Gasteiger charge is -2.34. The van der Waals surface area contributed by atoms with E-state index >= 15 is 0 Å². The van der Waals surface area contributed by atoms with Gasteiger partial charge in [0.15, 0.2) is 0 Å². The van der Waals surface area contributed by atoms with E-state index in [-0.39, 0.29) is 0 Å². The second-order valence-electron chi connectivity index (χ2n) is 14.8. The molecule has 1 rings (SSSR count). The van der Waals surface area contributed by atoms with E-state index in [2.05, 4.69) is 51.2 Å². The molecule has 0 unspecified atom stereocenters. The Morgan fingerprint density at radius 3 is 0.795 bits per heavy atom. The Labute approximate surface area is 279 Å². The molecule has 0 N–H and O–H groups in total. The number of quaternary nitrogens is 1. The van der Waals surface area contributed by atoms with Gasteiger partial charge in [0.05, 0.1) is 20.1 Å². The summed E-state index contributed by atoms with van der Waals surface area (Å²) in [6, 6.07) is 11.4. The van der Waals surface area contributed by atoms with Gasteiger partial charge in [-0.2, -0.15) is 0 Å². The van der Waals surface area contributed by atoms with Crippen LogP contribution in [-0.4, -0.2) is 20.1 Å². The van der Waals surface area contributed by atoms with Gasteiger partial charge < -0.3 is 0 Å². The average Bonchev–Trinajstić information content (AvgIpc) is 3.04. The van der Waals surface area contributed by atoms with Crippen molar-refractivity contribution in [1.29, 1.82) is 0 Å². The second-order valence-corrected chi connectivity index (χ2v) is 14.8. The van der Waals surface area contributed by atoms with Crippen LogP contribution in [0.4, 0.5) is 5.69 Å². The maximum atomic E-state index is 2.51. The van der Waals surface area contributed by atoms with Crippen LogP contribution in [0.25, 0.3) is 0 Å². The maximum absolute atomic E-state index is 2.51. The summed E-state index contributed by atoms with van der Waals surface area (Å²) in [6.07, 6.45) is 46.4. The zero-order valence-electron chi connectivity index (χ0n) is 30.9. The van der Waals surface area contributed by atoms with Crippen LogP contribution in [0.3, 0.4) is 0 Å². The molecule has 0 aliphatic rings. The van der Waals surface area contributed by atoms with E-state index in [1.165, 1.54) is 224 Å². The summed E-state index contributed by atoms with van der Waals surface area (Å²) in [5.74, 6) is 0. The van der Waals surface area contributed by atoms with Gasteiger partial charge in [0, 0.05) is 0 Å². The van der Waals surface area contributed by atoms with E-state index < -0.39 is 0 Å². The lowest BCUT2D eigenvalue weighted by atomic mass is 10.0. The van der Waals surface area contributed by atoms with Gasteiger partial charge in [0.25, 0.3) is 0 Å². The lowest BCUT2D eigenvalue weighted by molar-refractivity contribution is 0.310. The number of rotatable bonds is 35. The zero-order valence-corrected chi connectivity index (χ0v) is 30.9. The fraction of sp³-hybridized carbons (Fsp3) is 0.860. The van der Waals surface area contributed by atoms with Gasteiger partial charge in [0.2, 0.25) is 0 Å². The topological polar surface area (TPSA) is 0 Å². The first-order chi connectivity index (χ1) is 21.7. The highest BCUT2D eigenvalue weighted by Crippen LogP contribution is 2.24. The van der Waals surface area contributed by atoms with E-state index in [0.29, 0.717) is 0 Å². The third-order valence-electron chi connectivity index (χ3n) is 10.4. The molecule has 0 atom stereocenters. The molecule has 1 aromatic rings. The summed E-state index contributed by atoms with van der Waals surface area (Å²) in [7, 11) is 2.51. The van der Waals surface area contributed by atoms with Crippen molar-refractivity contribution in [2.24, 2.45) is 0 Å². The van der Waals surface area contributed by atoms with Crippen LogP contribution in [0.1, 0.15) is 219 Å². The summed E-state index contributed by atoms with van der Waals surface area (Å²) in [4.78, 5) is 0. The Morgan fingerprint density at radius 1 is 0.318 bits per heavy atom. The van der Waals surface area contributed by atoms with Crippen LogP contribution in [0, 0.1) is 0 Å². The highest BCUT2D eigenvalue weighted by Gasteiger charge is 2.23. The minimum Gasteiger partial charge on any atom is -0.294 e. The minimum absolute atomic E-state index is 1.14. The normalized spacial score (nSPS) is 11.9. The fourth-order valence-electron chi connectivity index (χ4n) is 7.18. The van der Waals surface area contributed by atoms with Crippen molar-refractivity contribution in [3.05, 3.63) is 30.3 Å². The quantitative estimate of drug-likeness (QED) is 0.0528. The van der Waals surface area contributed by atoms with Crippen molar-refractivity contribution in [1.82, 2.24) is 4.48 Å². The van der Waals surface area contributed by atoms with Crippen molar-refractivity contribution >= 4 is 5.69 Å². The van der Waals surface area contributed by atoms with Gasteiger partial charge in [-0.15, -0.1) is 0 Å². The summed E-state index contributed by atoms with van der Waals surface area (Å²) >= 11 is 0. The van der Waals surface area contributed by atoms with Crippen molar-refractivity contribution in [2.75, 3.05) is 20.1 Å². The standard InChI is InChI=1S/C43H82N/c1-4-6-8-10-12-14-16-18-20-22-24-26-28-30-32-37-41-44(3,43-39-35-34-36-40-43)42-38-33-31-29-27-25-23-21-19-17-15-13-11-9-7-5-2/h34-36,39-40H,4-33,37-38,41-42H2,1-3H3/q+1. The van der Waals surface area contributed by atoms with Gasteiger partial charge in [-0.3, -0.25) is 4.48 Å². The minimum atomic E-state index is 1.14. The smallest absolute Gasteiger partial charge is 0.132 e. The second kappa shape index (κ2) is 32.1. The van der Waals surface area contributed by atoms with Gasteiger partial charge in [-0.25, -0.2) is 0 Å². The number of hydrogen-bond donors (Lipinski definition) is 0. The SMILES string of the molecule is CCCCCCCCCCCCCCCCCC[N+](C)(CCCCCCCCCCCCCCCCCC)c1ccccc1. The predicted octanol–water partition coefficient (Wildman–Crippen LogP) is 15.1. The molecule has 0 fully saturated rings. The van der Waals surface area contributed by atoms with Crippen LogP contribution in [-0.2, 0) is 0 Å². The molecule has 0 bridgehead atoms. The van der Waals surface area contributed by atoms with E-state index in [1.807, 2.05) is 0 Å². The predicted molar refractivity (Wildman–Crippen MR) is 203 cm³/mol. The Hall–Kier alpha value is -0.820. The molecule has 0 aromatic heterocycles. The molecular weight excluding hydrogens is 530 g/mol. The first-order valence-corrected chi connectivity index (χ1v) is 20.6. The largest absolute Gasteiger partial charge is 0.294 e. The summed E-state index contributed by atoms with van der Waals surface area (Å²) in [5, 5.41) is 0. The van der Waals surface area contributed by atoms with Crippen molar-refractivity contribution in [3.8, 4) is 0 Å². The van der Waals surface area contributed by atoms with Gasteiger partial charge >= 0.3 is 0 Å². The number of hydrogen-bond acceptors (Lipinski definition) is 0. The number of benzene rings is 1. The summed E-state index contributed by atoms with van der Waals surface area (Å²) in [6.45, 7) is 7.23. The van der Waals surface area contributed by atoms with Crippen molar-refractivity contribution < 1.29 is 0 Å². The Bertz CT molecular complexity index is 631. The molecule has 1 nitrogen and oxygen atoms in total. The molecule has 258 valence electrons.